The third kappa shape index (κ3) is 0.266. The first kappa shape index (κ1) is 3.24. The average molecular weight is 93.1 g/mol. The smallest absolute Gasteiger partial charge is 0.0805 e. The van der Waals surface area contributed by atoms with E-state index in [4.69, 9.17) is 0 Å². The van der Waals surface area contributed by atoms with Crippen LogP contribution in [0.1, 0.15) is 5.69 Å². The number of fused-ring (bicyclic) bond motifs is 1. The van der Waals surface area contributed by atoms with Gasteiger partial charge in [0.15, 0.2) is 0 Å². The normalized spacial score (nSPS) is 15.4. The summed E-state index contributed by atoms with van der Waals surface area (Å²) in [5.41, 5.74) is 1.32. The van der Waals surface area contributed by atoms with Gasteiger partial charge in [0.1, 0.15) is 0 Å². The average Bonchev–Trinajstić information content (AvgIpc) is 1.85. The zero-order valence-corrected chi connectivity index (χ0v) is 3.83. The van der Waals surface area contributed by atoms with E-state index in [1.807, 2.05) is 16.9 Å². The van der Waals surface area contributed by atoms with Crippen LogP contribution < -0.4 is 0 Å². The molecule has 0 spiro atoms. The summed E-state index contributed by atoms with van der Waals surface area (Å²) in [6.45, 7) is 2.05. The van der Waals surface area contributed by atoms with Crippen molar-refractivity contribution in [1.29, 1.82) is 0 Å². The molecule has 35 valence electrons. The van der Waals surface area contributed by atoms with Crippen LogP contribution >= 0.6 is 0 Å². The first-order valence-corrected chi connectivity index (χ1v) is 2.32. The lowest BCUT2D eigenvalue weighted by molar-refractivity contribution is 0.644. The Hall–Kier alpha value is -0.790. The van der Waals surface area contributed by atoms with Gasteiger partial charge >= 0.3 is 0 Å². The highest BCUT2D eigenvalue weighted by molar-refractivity contribution is 5.13. The van der Waals surface area contributed by atoms with E-state index < -0.39 is 0 Å². The summed E-state index contributed by atoms with van der Waals surface area (Å²) in [6.07, 6.45) is 2.92. The van der Waals surface area contributed by atoms with E-state index in [2.05, 4.69) is 11.6 Å². The lowest BCUT2D eigenvalue weighted by Crippen LogP contribution is -2.14. The third-order valence-corrected chi connectivity index (χ3v) is 1.23. The lowest BCUT2D eigenvalue weighted by atomic mass is 10.2. The molecule has 0 N–H and O–H groups in total. The number of hydrogen-bond acceptors (Lipinski definition) is 1. The van der Waals surface area contributed by atoms with E-state index in [0.29, 0.717) is 0 Å². The van der Waals surface area contributed by atoms with Gasteiger partial charge in [0, 0.05) is 18.3 Å². The van der Waals surface area contributed by atoms with Crippen LogP contribution in [-0.2, 0) is 6.42 Å². The van der Waals surface area contributed by atoms with Crippen LogP contribution in [0.15, 0.2) is 12.3 Å². The summed E-state index contributed by atoms with van der Waals surface area (Å²) < 4.78 is 1.89. The van der Waals surface area contributed by atoms with Crippen molar-refractivity contribution in [3.63, 3.8) is 0 Å². The molecule has 1 radical (unpaired) electrons. The van der Waals surface area contributed by atoms with Gasteiger partial charge in [-0.2, -0.15) is 5.10 Å². The molecule has 2 heteroatoms. The molecule has 0 aromatic carbocycles. The van der Waals surface area contributed by atoms with Gasteiger partial charge in [-0.25, -0.2) is 0 Å². The van der Waals surface area contributed by atoms with Gasteiger partial charge in [0.25, 0.3) is 0 Å². The summed E-state index contributed by atoms with van der Waals surface area (Å²) in [5, 5.41) is 3.96. The summed E-state index contributed by atoms with van der Waals surface area (Å²) in [6, 6.07) is 2.03. The number of hydrogen-bond donors (Lipinski definition) is 0. The van der Waals surface area contributed by atoms with E-state index in [1.54, 1.807) is 0 Å². The van der Waals surface area contributed by atoms with Crippen molar-refractivity contribution in [2.45, 2.75) is 6.42 Å². The molecule has 0 fully saturated rings. The van der Waals surface area contributed by atoms with Gasteiger partial charge in [-0.05, 0) is 6.07 Å². The molecule has 7 heavy (non-hydrogen) atoms. The molecule has 2 heterocycles. The molecule has 0 amide bonds. The Morgan fingerprint density at radius 3 is 3.00 bits per heavy atom. The molecule has 0 aliphatic carbocycles. The number of rotatable bonds is 0. The Labute approximate surface area is 41.8 Å². The molecule has 2 nitrogen and oxygen atoms in total. The van der Waals surface area contributed by atoms with E-state index in [1.165, 1.54) is 5.69 Å². The van der Waals surface area contributed by atoms with Crippen molar-refractivity contribution < 1.29 is 0 Å². The van der Waals surface area contributed by atoms with Gasteiger partial charge in [0.2, 0.25) is 0 Å². The molecule has 0 unspecified atom stereocenters. The van der Waals surface area contributed by atoms with Crippen LogP contribution in [0.2, 0.25) is 0 Å². The molecule has 1 aromatic heterocycles. The van der Waals surface area contributed by atoms with E-state index in [-0.39, 0.29) is 0 Å². The van der Waals surface area contributed by atoms with Crippen molar-refractivity contribution in [1.82, 2.24) is 9.78 Å². The van der Waals surface area contributed by atoms with Crippen LogP contribution in [0, 0.1) is 6.54 Å². The fraction of sp³-hybridized carbons (Fsp3) is 0.200. The topological polar surface area (TPSA) is 17.8 Å². The highest BCUT2D eigenvalue weighted by Gasteiger charge is 2.10. The van der Waals surface area contributed by atoms with Crippen LogP contribution in [0.4, 0.5) is 0 Å². The highest BCUT2D eigenvalue weighted by atomic mass is 15.3. The minimum absolute atomic E-state index is 1.10. The molecule has 0 bridgehead atoms. The molecule has 1 aliphatic heterocycles. The third-order valence-electron chi connectivity index (χ3n) is 1.23. The van der Waals surface area contributed by atoms with Gasteiger partial charge in [-0.3, -0.25) is 4.68 Å². The predicted octanol–water partition coefficient (Wildman–Crippen LogP) is 0.449. The predicted molar refractivity (Wildman–Crippen MR) is 25.6 cm³/mol. The highest BCUT2D eigenvalue weighted by Crippen LogP contribution is 2.12. The largest absolute Gasteiger partial charge is 0.264 e. The van der Waals surface area contributed by atoms with E-state index in [0.717, 1.165) is 6.42 Å². The number of aromatic nitrogens is 2. The van der Waals surface area contributed by atoms with Crippen LogP contribution in [0.5, 0.6) is 0 Å². The molecule has 1 aromatic rings. The zero-order valence-electron chi connectivity index (χ0n) is 3.83. The molecular weight excluding hydrogens is 88.1 g/mol. The van der Waals surface area contributed by atoms with Crippen LogP contribution in [0.3, 0.4) is 0 Å². The maximum Gasteiger partial charge on any atom is 0.0805 e. The molecule has 1 aliphatic rings. The van der Waals surface area contributed by atoms with Crippen molar-refractivity contribution in [2.75, 3.05) is 0 Å². The van der Waals surface area contributed by atoms with Gasteiger partial charge in [-0.15, -0.1) is 0 Å². The Balaban J connectivity index is 2.69. The van der Waals surface area contributed by atoms with E-state index >= 15 is 0 Å². The van der Waals surface area contributed by atoms with Crippen LogP contribution in [-0.4, -0.2) is 9.78 Å². The van der Waals surface area contributed by atoms with Gasteiger partial charge in [-0.1, -0.05) is 0 Å². The molecule has 0 atom stereocenters. The van der Waals surface area contributed by atoms with E-state index in [9.17, 15) is 0 Å². The Morgan fingerprint density at radius 2 is 2.71 bits per heavy atom. The van der Waals surface area contributed by atoms with Crippen molar-refractivity contribution in [3.05, 3.63) is 24.5 Å². The second-order valence-corrected chi connectivity index (χ2v) is 1.65. The Bertz CT molecular complexity index is 159. The maximum absolute atomic E-state index is 3.96. The zero-order chi connectivity index (χ0) is 4.69. The Morgan fingerprint density at radius 1 is 1.71 bits per heavy atom. The molecule has 0 saturated heterocycles. The van der Waals surface area contributed by atoms with Crippen LogP contribution in [0.25, 0.3) is 0 Å². The van der Waals surface area contributed by atoms with Crippen molar-refractivity contribution >= 4 is 0 Å². The second-order valence-electron chi connectivity index (χ2n) is 1.65. The van der Waals surface area contributed by atoms with Gasteiger partial charge in [0.05, 0.1) is 6.54 Å². The van der Waals surface area contributed by atoms with Gasteiger partial charge < -0.3 is 0 Å². The second kappa shape index (κ2) is 0.886. The Kier molecular flexibility index (Phi) is 0.410. The SMILES string of the molecule is [CH]1Cc2ccnn21. The fourth-order valence-electron chi connectivity index (χ4n) is 0.735. The first-order valence-electron chi connectivity index (χ1n) is 2.32. The molecule has 0 saturated carbocycles. The maximum atomic E-state index is 3.96. The summed E-state index contributed by atoms with van der Waals surface area (Å²) in [7, 11) is 0. The monoisotopic (exact) mass is 93.0 g/mol. The quantitative estimate of drug-likeness (QED) is 0.455. The summed E-state index contributed by atoms with van der Waals surface area (Å²) in [4.78, 5) is 0. The first-order chi connectivity index (χ1) is 3.47. The number of nitrogens with zero attached hydrogens (tertiary/aromatic N) is 2. The summed E-state index contributed by atoms with van der Waals surface area (Å²) in [5.74, 6) is 0. The minimum Gasteiger partial charge on any atom is -0.264 e. The molecular formula is C5H5N2. The van der Waals surface area contributed by atoms with Crippen molar-refractivity contribution in [2.24, 2.45) is 0 Å². The standard InChI is InChI=1S/C5H5N2/c1-3-6-7-4-2-5(1)7/h1,3-4H,2H2. The lowest BCUT2D eigenvalue weighted by Gasteiger charge is -2.12. The summed E-state index contributed by atoms with van der Waals surface area (Å²) >= 11 is 0. The molecule has 2 rings (SSSR count). The van der Waals surface area contributed by atoms with Crippen molar-refractivity contribution in [3.8, 4) is 0 Å². The minimum atomic E-state index is 1.10. The fourth-order valence-corrected chi connectivity index (χ4v) is 0.735.